The van der Waals surface area contributed by atoms with E-state index in [-0.39, 0.29) is 29.3 Å². The summed E-state index contributed by atoms with van der Waals surface area (Å²) in [5.41, 5.74) is 0. The third kappa shape index (κ3) is 6.61. The van der Waals surface area contributed by atoms with E-state index in [0.717, 1.165) is 11.8 Å². The standard InChI is InChI=1S/C13H23NO4S/c1-7(2)11(9(5)15)14-10(16)6-19-12(8(3)4)13(17)18/h7-8,11-12H,6H2,1-5H3,(H,14,16)(H,17,18). The Labute approximate surface area is 118 Å². The first-order valence-corrected chi connectivity index (χ1v) is 7.35. The summed E-state index contributed by atoms with van der Waals surface area (Å²) >= 11 is 1.09. The third-order valence-electron chi connectivity index (χ3n) is 2.66. The van der Waals surface area contributed by atoms with Gasteiger partial charge < -0.3 is 10.4 Å². The highest BCUT2D eigenvalue weighted by atomic mass is 32.2. The van der Waals surface area contributed by atoms with Crippen LogP contribution in [-0.4, -0.2) is 39.8 Å². The molecule has 0 aliphatic heterocycles. The molecule has 0 aromatic heterocycles. The van der Waals surface area contributed by atoms with Gasteiger partial charge in [0.1, 0.15) is 5.25 Å². The number of amides is 1. The summed E-state index contributed by atoms with van der Waals surface area (Å²) in [4.78, 5) is 34.1. The lowest BCUT2D eigenvalue weighted by Crippen LogP contribution is -2.44. The molecule has 0 rings (SSSR count). The van der Waals surface area contributed by atoms with Crippen molar-refractivity contribution >= 4 is 29.4 Å². The molecule has 0 aromatic carbocycles. The van der Waals surface area contributed by atoms with Gasteiger partial charge in [-0.15, -0.1) is 11.8 Å². The Morgan fingerprint density at radius 3 is 1.95 bits per heavy atom. The second-order valence-electron chi connectivity index (χ2n) is 5.21. The van der Waals surface area contributed by atoms with Crippen molar-refractivity contribution in [3.05, 3.63) is 0 Å². The van der Waals surface area contributed by atoms with Gasteiger partial charge in [0, 0.05) is 0 Å². The van der Waals surface area contributed by atoms with E-state index in [1.807, 2.05) is 13.8 Å². The molecule has 5 nitrogen and oxygen atoms in total. The van der Waals surface area contributed by atoms with Crippen molar-refractivity contribution in [2.45, 2.75) is 45.9 Å². The summed E-state index contributed by atoms with van der Waals surface area (Å²) in [6.07, 6.45) is 0. The van der Waals surface area contributed by atoms with Gasteiger partial charge in [0.05, 0.1) is 11.8 Å². The molecule has 0 aromatic rings. The molecule has 6 heteroatoms. The molecular weight excluding hydrogens is 266 g/mol. The molecule has 19 heavy (non-hydrogen) atoms. The van der Waals surface area contributed by atoms with Crippen LogP contribution in [0.2, 0.25) is 0 Å². The fourth-order valence-electron chi connectivity index (χ4n) is 1.67. The second kappa shape index (κ2) is 8.19. The number of hydrogen-bond donors (Lipinski definition) is 2. The molecule has 2 N–H and O–H groups in total. The SMILES string of the molecule is CC(=O)C(NC(=O)CSC(C(=O)O)C(C)C)C(C)C. The molecule has 0 radical (unpaired) electrons. The number of aliphatic carboxylic acids is 1. The van der Waals surface area contributed by atoms with Crippen LogP contribution in [0.3, 0.4) is 0 Å². The third-order valence-corrected chi connectivity index (χ3v) is 4.20. The zero-order valence-electron chi connectivity index (χ0n) is 12.1. The summed E-state index contributed by atoms with van der Waals surface area (Å²) in [6, 6.07) is -0.504. The lowest BCUT2D eigenvalue weighted by Gasteiger charge is -2.20. The number of rotatable bonds is 8. The van der Waals surface area contributed by atoms with Gasteiger partial charge in [0.15, 0.2) is 5.78 Å². The Morgan fingerprint density at radius 1 is 1.11 bits per heavy atom. The summed E-state index contributed by atoms with van der Waals surface area (Å²) < 4.78 is 0. The van der Waals surface area contributed by atoms with Crippen molar-refractivity contribution in [2.24, 2.45) is 11.8 Å². The Balaban J connectivity index is 4.38. The number of carbonyl (C=O) groups is 3. The van der Waals surface area contributed by atoms with Crippen LogP contribution in [0.5, 0.6) is 0 Å². The van der Waals surface area contributed by atoms with Crippen LogP contribution in [0, 0.1) is 11.8 Å². The van der Waals surface area contributed by atoms with E-state index in [4.69, 9.17) is 5.11 Å². The Hall–Kier alpha value is -1.04. The van der Waals surface area contributed by atoms with E-state index < -0.39 is 17.3 Å². The number of hydrogen-bond acceptors (Lipinski definition) is 4. The Morgan fingerprint density at radius 2 is 1.63 bits per heavy atom. The maximum atomic E-state index is 11.7. The molecular formula is C13H23NO4S. The lowest BCUT2D eigenvalue weighted by molar-refractivity contribution is -0.137. The fourth-order valence-corrected chi connectivity index (χ4v) is 2.61. The summed E-state index contributed by atoms with van der Waals surface area (Å²) in [7, 11) is 0. The minimum absolute atomic E-state index is 0.0202. The molecule has 0 saturated heterocycles. The monoisotopic (exact) mass is 289 g/mol. The molecule has 110 valence electrons. The van der Waals surface area contributed by atoms with Gasteiger partial charge in [-0.05, 0) is 18.8 Å². The predicted molar refractivity (Wildman–Crippen MR) is 76.2 cm³/mol. The van der Waals surface area contributed by atoms with Crippen molar-refractivity contribution in [2.75, 3.05) is 5.75 Å². The first-order chi connectivity index (χ1) is 8.66. The fraction of sp³-hybridized carbons (Fsp3) is 0.769. The van der Waals surface area contributed by atoms with E-state index >= 15 is 0 Å². The summed E-state index contributed by atoms with van der Waals surface area (Å²) in [6.45, 7) is 8.75. The van der Waals surface area contributed by atoms with Gasteiger partial charge in [0.25, 0.3) is 0 Å². The topological polar surface area (TPSA) is 83.5 Å². The Kier molecular flexibility index (Phi) is 7.75. The first kappa shape index (κ1) is 18.0. The van der Waals surface area contributed by atoms with Crippen LogP contribution in [0.4, 0.5) is 0 Å². The van der Waals surface area contributed by atoms with Crippen molar-refractivity contribution in [1.82, 2.24) is 5.32 Å². The van der Waals surface area contributed by atoms with E-state index in [9.17, 15) is 14.4 Å². The maximum Gasteiger partial charge on any atom is 0.316 e. The molecule has 2 atom stereocenters. The van der Waals surface area contributed by atoms with Gasteiger partial charge >= 0.3 is 5.97 Å². The number of carboxylic acid groups (broad SMARTS) is 1. The van der Waals surface area contributed by atoms with Gasteiger partial charge in [-0.25, -0.2) is 0 Å². The molecule has 1 amide bonds. The van der Waals surface area contributed by atoms with Crippen LogP contribution in [0.15, 0.2) is 0 Å². The number of carbonyl (C=O) groups excluding carboxylic acids is 2. The molecule has 0 spiro atoms. The number of Topliss-reactive ketones (excluding diaryl/α,β-unsaturated/α-hetero) is 1. The average molecular weight is 289 g/mol. The zero-order chi connectivity index (χ0) is 15.2. The number of ketones is 1. The van der Waals surface area contributed by atoms with Crippen LogP contribution >= 0.6 is 11.8 Å². The van der Waals surface area contributed by atoms with Crippen LogP contribution in [-0.2, 0) is 14.4 Å². The molecule has 0 aliphatic carbocycles. The van der Waals surface area contributed by atoms with E-state index in [1.54, 1.807) is 13.8 Å². The summed E-state index contributed by atoms with van der Waals surface area (Å²) in [5.74, 6) is -1.29. The average Bonchev–Trinajstić information content (AvgIpc) is 2.24. The largest absolute Gasteiger partial charge is 0.480 e. The van der Waals surface area contributed by atoms with Crippen molar-refractivity contribution in [3.8, 4) is 0 Å². The molecule has 0 aliphatic rings. The number of nitrogens with one attached hydrogen (secondary N) is 1. The smallest absolute Gasteiger partial charge is 0.316 e. The quantitative estimate of drug-likeness (QED) is 0.708. The van der Waals surface area contributed by atoms with Gasteiger partial charge in [-0.2, -0.15) is 0 Å². The van der Waals surface area contributed by atoms with Gasteiger partial charge in [0.2, 0.25) is 5.91 Å². The predicted octanol–water partition coefficient (Wildman–Crippen LogP) is 1.56. The molecule has 2 unspecified atom stereocenters. The summed E-state index contributed by atoms with van der Waals surface area (Å²) in [5, 5.41) is 11.0. The Bertz CT molecular complexity index is 342. The maximum absolute atomic E-state index is 11.7. The van der Waals surface area contributed by atoms with E-state index in [1.165, 1.54) is 6.92 Å². The van der Waals surface area contributed by atoms with Crippen molar-refractivity contribution < 1.29 is 19.5 Å². The van der Waals surface area contributed by atoms with Crippen molar-refractivity contribution in [3.63, 3.8) is 0 Å². The molecule has 0 fully saturated rings. The highest BCUT2D eigenvalue weighted by Gasteiger charge is 2.25. The minimum Gasteiger partial charge on any atom is -0.480 e. The molecule has 0 heterocycles. The molecule has 0 bridgehead atoms. The highest BCUT2D eigenvalue weighted by Crippen LogP contribution is 2.19. The lowest BCUT2D eigenvalue weighted by atomic mass is 10.0. The van der Waals surface area contributed by atoms with E-state index in [0.29, 0.717) is 0 Å². The van der Waals surface area contributed by atoms with E-state index in [2.05, 4.69) is 5.32 Å². The van der Waals surface area contributed by atoms with Gasteiger partial charge in [-0.3, -0.25) is 14.4 Å². The minimum atomic E-state index is -0.917. The second-order valence-corrected chi connectivity index (χ2v) is 6.34. The number of carboxylic acids is 1. The van der Waals surface area contributed by atoms with Gasteiger partial charge in [-0.1, -0.05) is 27.7 Å². The van der Waals surface area contributed by atoms with Crippen LogP contribution in [0.1, 0.15) is 34.6 Å². The first-order valence-electron chi connectivity index (χ1n) is 6.31. The highest BCUT2D eigenvalue weighted by molar-refractivity contribution is 8.01. The zero-order valence-corrected chi connectivity index (χ0v) is 12.9. The van der Waals surface area contributed by atoms with Crippen LogP contribution in [0.25, 0.3) is 0 Å². The van der Waals surface area contributed by atoms with Crippen LogP contribution < -0.4 is 5.32 Å². The number of thioether (sulfide) groups is 1. The molecule has 0 saturated carbocycles. The van der Waals surface area contributed by atoms with Crippen molar-refractivity contribution in [1.29, 1.82) is 0 Å². The normalized spacial score (nSPS) is 14.3.